The Kier molecular flexibility index (Phi) is 12.1. The summed E-state index contributed by atoms with van der Waals surface area (Å²) in [6.45, 7) is 0. The van der Waals surface area contributed by atoms with Crippen molar-refractivity contribution in [3.63, 3.8) is 0 Å². The van der Waals surface area contributed by atoms with Crippen molar-refractivity contribution >= 4 is 41.6 Å². The fourth-order valence-corrected chi connectivity index (χ4v) is 5.73. The topological polar surface area (TPSA) is 0 Å². The Hall–Kier alpha value is -0.0800. The van der Waals surface area contributed by atoms with Crippen LogP contribution in [0.1, 0.15) is 81.3 Å². The summed E-state index contributed by atoms with van der Waals surface area (Å²) in [5.74, 6) is 0.530. The van der Waals surface area contributed by atoms with E-state index in [9.17, 15) is 0 Å². The Morgan fingerprint density at radius 2 is 0.929 bits per heavy atom. The Labute approximate surface area is 189 Å². The van der Waals surface area contributed by atoms with E-state index in [2.05, 4.69) is 97.4 Å². The van der Waals surface area contributed by atoms with Crippen molar-refractivity contribution in [2.45, 2.75) is 70.1 Å². The van der Waals surface area contributed by atoms with E-state index in [1.807, 2.05) is 0 Å². The highest BCUT2D eigenvalue weighted by Crippen LogP contribution is 2.72. The van der Waals surface area contributed by atoms with Crippen molar-refractivity contribution in [3.8, 4) is 0 Å². The lowest BCUT2D eigenvalue weighted by atomic mass is 9.87. The highest BCUT2D eigenvalue weighted by molar-refractivity contribution is 9.09. The third-order valence-electron chi connectivity index (χ3n) is 5.35. The second-order valence-corrected chi connectivity index (χ2v) is 18.6. The lowest BCUT2D eigenvalue weighted by Crippen LogP contribution is -2.01. The molecular formula is C24H36PS3+. The van der Waals surface area contributed by atoms with Crippen LogP contribution in [0.2, 0.25) is 0 Å². The number of thiol groups is 3. The van der Waals surface area contributed by atoms with Crippen LogP contribution in [0.25, 0.3) is 0 Å². The van der Waals surface area contributed by atoms with Gasteiger partial charge in [0.15, 0.2) is 4.87 Å². The third-order valence-corrected chi connectivity index (χ3v) is 8.07. The Balaban J connectivity index is 1.59. The van der Waals surface area contributed by atoms with E-state index < -0.39 is 4.87 Å². The summed E-state index contributed by atoms with van der Waals surface area (Å²) in [5, 5.41) is 0. The summed E-state index contributed by atoms with van der Waals surface area (Å²) in [5.41, 5.74) is 2.90. The Morgan fingerprint density at radius 1 is 0.536 bits per heavy atom. The molecule has 0 radical (unpaired) electrons. The van der Waals surface area contributed by atoms with Gasteiger partial charge in [0.05, 0.1) is 6.16 Å². The first-order valence-corrected chi connectivity index (χ1v) is 16.2. The third kappa shape index (κ3) is 10.6. The molecule has 28 heavy (non-hydrogen) atoms. The van der Waals surface area contributed by atoms with Crippen LogP contribution in [0.15, 0.2) is 60.7 Å². The standard InChI is InChI=1S/C24H36PS3/c26-25(27,28)21-15-7-5-3-1-2-4-6-14-20-24(22-16-10-8-11-17-22)23-18-12-9-13-19-23/h8-13,16-19,24,26-28H,1-7,14-15,20-21H2/q+1. The molecule has 0 fully saturated rings. The van der Waals surface area contributed by atoms with Gasteiger partial charge in [-0.3, -0.25) is 0 Å². The average molecular weight is 452 g/mol. The van der Waals surface area contributed by atoms with Crippen LogP contribution in [-0.2, 0) is 0 Å². The van der Waals surface area contributed by atoms with Gasteiger partial charge < -0.3 is 0 Å². The molecule has 0 amide bonds. The van der Waals surface area contributed by atoms with Crippen LogP contribution in [0.4, 0.5) is 0 Å². The van der Waals surface area contributed by atoms with Crippen molar-refractivity contribution in [1.82, 2.24) is 0 Å². The molecule has 0 aliphatic carbocycles. The molecule has 154 valence electrons. The second kappa shape index (κ2) is 14.0. The summed E-state index contributed by atoms with van der Waals surface area (Å²) in [6.07, 6.45) is 14.4. The minimum atomic E-state index is -1.46. The van der Waals surface area contributed by atoms with Crippen molar-refractivity contribution in [1.29, 1.82) is 0 Å². The molecule has 2 aromatic rings. The van der Waals surface area contributed by atoms with Gasteiger partial charge in [-0.05, 0) is 30.4 Å². The van der Waals surface area contributed by atoms with Crippen LogP contribution < -0.4 is 0 Å². The van der Waals surface area contributed by atoms with E-state index >= 15 is 0 Å². The van der Waals surface area contributed by atoms with Crippen LogP contribution >= 0.6 is 41.6 Å². The van der Waals surface area contributed by atoms with Gasteiger partial charge in [0.2, 0.25) is 0 Å². The van der Waals surface area contributed by atoms with E-state index in [0.717, 1.165) is 6.16 Å². The molecule has 0 spiro atoms. The quantitative estimate of drug-likeness (QED) is 0.142. The van der Waals surface area contributed by atoms with Crippen molar-refractivity contribution < 1.29 is 0 Å². The minimum absolute atomic E-state index is 0.530. The molecule has 4 heteroatoms. The van der Waals surface area contributed by atoms with E-state index in [1.165, 1.54) is 75.3 Å². The number of unbranched alkanes of at least 4 members (excludes halogenated alkanes) is 8. The molecule has 0 aromatic heterocycles. The predicted molar refractivity (Wildman–Crippen MR) is 140 cm³/mol. The highest BCUT2D eigenvalue weighted by Gasteiger charge is 2.22. The summed E-state index contributed by atoms with van der Waals surface area (Å²) in [4.78, 5) is -1.46. The summed E-state index contributed by atoms with van der Waals surface area (Å²) in [7, 11) is 0. The SMILES string of the molecule is S[P+](S)(S)CCCCCCCCCCCC(c1ccccc1)c1ccccc1. The van der Waals surface area contributed by atoms with E-state index in [4.69, 9.17) is 0 Å². The maximum Gasteiger partial charge on any atom is 0.180 e. The molecule has 2 rings (SSSR count). The van der Waals surface area contributed by atoms with Gasteiger partial charge in [0.25, 0.3) is 0 Å². The Morgan fingerprint density at radius 3 is 1.36 bits per heavy atom. The normalized spacial score (nSPS) is 11.9. The lowest BCUT2D eigenvalue weighted by Gasteiger charge is -2.18. The van der Waals surface area contributed by atoms with Gasteiger partial charge >= 0.3 is 0 Å². The van der Waals surface area contributed by atoms with Crippen LogP contribution in [-0.4, -0.2) is 6.16 Å². The average Bonchev–Trinajstić information content (AvgIpc) is 2.69. The van der Waals surface area contributed by atoms with Crippen molar-refractivity contribution in [2.24, 2.45) is 0 Å². The first-order chi connectivity index (χ1) is 13.6. The van der Waals surface area contributed by atoms with Crippen LogP contribution in [0.5, 0.6) is 0 Å². The van der Waals surface area contributed by atoms with Gasteiger partial charge in [0.1, 0.15) is 0 Å². The molecule has 0 heterocycles. The summed E-state index contributed by atoms with van der Waals surface area (Å²) >= 11 is 13.3. The molecule has 0 unspecified atom stereocenters. The van der Waals surface area contributed by atoms with Gasteiger partial charge in [-0.25, -0.2) is 0 Å². The summed E-state index contributed by atoms with van der Waals surface area (Å²) in [6, 6.07) is 22.0. The number of hydrogen-bond donors (Lipinski definition) is 3. The van der Waals surface area contributed by atoms with Crippen LogP contribution in [0.3, 0.4) is 0 Å². The van der Waals surface area contributed by atoms with Crippen molar-refractivity contribution in [2.75, 3.05) is 6.16 Å². The zero-order valence-electron chi connectivity index (χ0n) is 16.9. The van der Waals surface area contributed by atoms with Gasteiger partial charge in [-0.15, -0.1) is 0 Å². The van der Waals surface area contributed by atoms with E-state index in [1.54, 1.807) is 0 Å². The molecule has 0 aliphatic heterocycles. The van der Waals surface area contributed by atoms with Crippen molar-refractivity contribution in [3.05, 3.63) is 71.8 Å². The van der Waals surface area contributed by atoms with Crippen LogP contribution in [0, 0.1) is 0 Å². The van der Waals surface area contributed by atoms with Gasteiger partial charge in [0, 0.05) is 42.7 Å². The molecule has 0 N–H and O–H groups in total. The highest BCUT2D eigenvalue weighted by atomic mass is 33.4. The largest absolute Gasteiger partial charge is 0.180 e. The lowest BCUT2D eigenvalue weighted by molar-refractivity contribution is 0.546. The zero-order chi connectivity index (χ0) is 20.1. The fourth-order valence-electron chi connectivity index (χ4n) is 3.81. The van der Waals surface area contributed by atoms with Gasteiger partial charge in [-0.2, -0.15) is 0 Å². The molecule has 2 aromatic carbocycles. The molecule has 0 saturated carbocycles. The summed E-state index contributed by atoms with van der Waals surface area (Å²) < 4.78 is 0. The van der Waals surface area contributed by atoms with E-state index in [-0.39, 0.29) is 0 Å². The first-order valence-electron chi connectivity index (χ1n) is 10.7. The Bertz CT molecular complexity index is 586. The number of hydrogen-bond acceptors (Lipinski definition) is 3. The number of rotatable bonds is 14. The molecule has 0 nitrogen and oxygen atoms in total. The minimum Gasteiger partial charge on any atom is -0.0622 e. The smallest absolute Gasteiger partial charge is 0.0622 e. The monoisotopic (exact) mass is 451 g/mol. The maximum absolute atomic E-state index is 4.45. The molecule has 0 saturated heterocycles. The fraction of sp³-hybridized carbons (Fsp3) is 0.500. The maximum atomic E-state index is 4.45. The zero-order valence-corrected chi connectivity index (χ0v) is 20.5. The first kappa shape index (κ1) is 24.2. The predicted octanol–water partition coefficient (Wildman–Crippen LogP) is 9.27. The molecule has 0 atom stereocenters. The molecular weight excluding hydrogens is 415 g/mol. The van der Waals surface area contributed by atoms with E-state index in [0.29, 0.717) is 5.92 Å². The number of benzene rings is 2. The molecule has 0 bridgehead atoms. The molecule has 0 aliphatic rings. The second-order valence-electron chi connectivity index (χ2n) is 7.76. The van der Waals surface area contributed by atoms with Gasteiger partial charge in [-0.1, -0.05) is 106 Å².